The van der Waals surface area contributed by atoms with Gasteiger partial charge in [0.1, 0.15) is 11.9 Å². The first kappa shape index (κ1) is 13.2. The highest BCUT2D eigenvalue weighted by Gasteiger charge is 2.13. The number of hydrogen-bond donors (Lipinski definition) is 0. The van der Waals surface area contributed by atoms with Gasteiger partial charge in [-0.25, -0.2) is 4.98 Å². The second-order valence-corrected chi connectivity index (χ2v) is 5.23. The van der Waals surface area contributed by atoms with Gasteiger partial charge in [0.05, 0.1) is 16.4 Å². The van der Waals surface area contributed by atoms with E-state index in [1.54, 1.807) is 24.4 Å². The number of carbonyl (C=O) groups excluding carboxylic acids is 1. The van der Waals surface area contributed by atoms with Crippen molar-refractivity contribution in [3.05, 3.63) is 58.3 Å². The van der Waals surface area contributed by atoms with Crippen molar-refractivity contribution in [1.29, 1.82) is 0 Å². The standard InChI is InChI=1S/C15H10Cl2N2O/c16-11-3-1-10(2-4-11)15-13(7-8-20)19-9-12(17)5-6-14(19)18-15/h1-6,8-9H,7H2. The molecule has 0 atom stereocenters. The molecule has 0 amide bonds. The van der Waals surface area contributed by atoms with Gasteiger partial charge < -0.3 is 9.20 Å². The minimum absolute atomic E-state index is 0.277. The normalized spacial score (nSPS) is 10.9. The number of hydrogen-bond acceptors (Lipinski definition) is 2. The number of aromatic nitrogens is 2. The highest BCUT2D eigenvalue weighted by molar-refractivity contribution is 6.30. The Balaban J connectivity index is 2.26. The molecule has 0 aliphatic carbocycles. The van der Waals surface area contributed by atoms with E-state index in [1.807, 2.05) is 22.6 Å². The minimum Gasteiger partial charge on any atom is -0.303 e. The predicted octanol–water partition coefficient (Wildman–Crippen LogP) is 4.05. The molecule has 3 nitrogen and oxygen atoms in total. The molecule has 3 rings (SSSR count). The van der Waals surface area contributed by atoms with Crippen LogP contribution in [-0.2, 0) is 11.2 Å². The Morgan fingerprint density at radius 1 is 1.05 bits per heavy atom. The van der Waals surface area contributed by atoms with Crippen molar-refractivity contribution in [1.82, 2.24) is 9.38 Å². The summed E-state index contributed by atoms with van der Waals surface area (Å²) >= 11 is 11.9. The number of fused-ring (bicyclic) bond motifs is 1. The number of aldehydes is 1. The van der Waals surface area contributed by atoms with E-state index in [9.17, 15) is 4.79 Å². The molecule has 0 aliphatic rings. The van der Waals surface area contributed by atoms with Crippen LogP contribution < -0.4 is 0 Å². The summed E-state index contributed by atoms with van der Waals surface area (Å²) < 4.78 is 1.85. The van der Waals surface area contributed by atoms with Crippen molar-refractivity contribution in [3.63, 3.8) is 0 Å². The van der Waals surface area contributed by atoms with Crippen LogP contribution in [0.3, 0.4) is 0 Å². The van der Waals surface area contributed by atoms with E-state index in [-0.39, 0.29) is 6.42 Å². The summed E-state index contributed by atoms with van der Waals surface area (Å²) in [4.78, 5) is 15.5. The van der Waals surface area contributed by atoms with Gasteiger partial charge in [0.15, 0.2) is 0 Å². The Hall–Kier alpha value is -1.84. The molecule has 0 radical (unpaired) electrons. The van der Waals surface area contributed by atoms with E-state index < -0.39 is 0 Å². The van der Waals surface area contributed by atoms with Crippen LogP contribution in [0.2, 0.25) is 10.0 Å². The second-order valence-electron chi connectivity index (χ2n) is 4.36. The molecular formula is C15H10Cl2N2O. The van der Waals surface area contributed by atoms with Crippen LogP contribution >= 0.6 is 23.2 Å². The number of carbonyl (C=O) groups is 1. The van der Waals surface area contributed by atoms with Gasteiger partial charge >= 0.3 is 0 Å². The zero-order chi connectivity index (χ0) is 14.1. The Kier molecular flexibility index (Phi) is 3.47. The first-order valence-corrected chi connectivity index (χ1v) is 6.80. The molecule has 5 heteroatoms. The van der Waals surface area contributed by atoms with Crippen molar-refractivity contribution in [2.24, 2.45) is 0 Å². The number of imidazole rings is 1. The first-order chi connectivity index (χ1) is 9.69. The molecule has 1 aromatic carbocycles. The Morgan fingerprint density at radius 2 is 1.75 bits per heavy atom. The molecule has 0 aliphatic heterocycles. The van der Waals surface area contributed by atoms with Crippen molar-refractivity contribution in [3.8, 4) is 11.3 Å². The van der Waals surface area contributed by atoms with E-state index in [0.717, 1.165) is 28.9 Å². The van der Waals surface area contributed by atoms with Crippen LogP contribution in [0.25, 0.3) is 16.9 Å². The number of nitrogens with zero attached hydrogens (tertiary/aromatic N) is 2. The average Bonchev–Trinajstić information content (AvgIpc) is 2.79. The molecule has 0 unspecified atom stereocenters. The summed E-state index contributed by atoms with van der Waals surface area (Å²) in [5.41, 5.74) is 3.28. The molecular weight excluding hydrogens is 295 g/mol. The van der Waals surface area contributed by atoms with Crippen LogP contribution in [0.15, 0.2) is 42.6 Å². The summed E-state index contributed by atoms with van der Waals surface area (Å²) in [6, 6.07) is 11.0. The molecule has 20 heavy (non-hydrogen) atoms. The van der Waals surface area contributed by atoms with Gasteiger partial charge in [-0.2, -0.15) is 0 Å². The molecule has 0 saturated heterocycles. The number of halogens is 2. The monoisotopic (exact) mass is 304 g/mol. The lowest BCUT2D eigenvalue weighted by Gasteiger charge is -2.02. The molecule has 0 spiro atoms. The lowest BCUT2D eigenvalue weighted by molar-refractivity contribution is -0.107. The SMILES string of the molecule is O=CCc1c(-c2ccc(Cl)cc2)nc2ccc(Cl)cn12. The second kappa shape index (κ2) is 5.27. The summed E-state index contributed by atoms with van der Waals surface area (Å²) in [5.74, 6) is 0. The summed E-state index contributed by atoms with van der Waals surface area (Å²) in [7, 11) is 0. The third kappa shape index (κ3) is 2.30. The van der Waals surface area contributed by atoms with Crippen molar-refractivity contribution in [2.75, 3.05) is 0 Å². The van der Waals surface area contributed by atoms with E-state index in [0.29, 0.717) is 10.0 Å². The first-order valence-electron chi connectivity index (χ1n) is 6.05. The predicted molar refractivity (Wildman–Crippen MR) is 80.4 cm³/mol. The average molecular weight is 305 g/mol. The van der Waals surface area contributed by atoms with Crippen LogP contribution in [0.1, 0.15) is 5.69 Å². The van der Waals surface area contributed by atoms with E-state index in [1.165, 1.54) is 0 Å². The van der Waals surface area contributed by atoms with E-state index in [4.69, 9.17) is 23.2 Å². The molecule has 2 heterocycles. The third-order valence-corrected chi connectivity index (χ3v) is 3.55. The van der Waals surface area contributed by atoms with Gasteiger partial charge in [0.25, 0.3) is 0 Å². The minimum atomic E-state index is 0.277. The lowest BCUT2D eigenvalue weighted by atomic mass is 10.1. The smallest absolute Gasteiger partial charge is 0.137 e. The van der Waals surface area contributed by atoms with Crippen LogP contribution in [0, 0.1) is 0 Å². The fourth-order valence-corrected chi connectivity index (χ4v) is 2.47. The summed E-state index contributed by atoms with van der Waals surface area (Å²) in [6.45, 7) is 0. The Morgan fingerprint density at radius 3 is 2.45 bits per heavy atom. The summed E-state index contributed by atoms with van der Waals surface area (Å²) in [6.07, 6.45) is 2.91. The van der Waals surface area contributed by atoms with Crippen LogP contribution in [-0.4, -0.2) is 15.7 Å². The van der Waals surface area contributed by atoms with Gasteiger partial charge in [-0.3, -0.25) is 0 Å². The van der Waals surface area contributed by atoms with E-state index in [2.05, 4.69) is 4.98 Å². The van der Waals surface area contributed by atoms with Gasteiger partial charge in [0, 0.05) is 23.2 Å². The van der Waals surface area contributed by atoms with Crippen molar-refractivity contribution < 1.29 is 4.79 Å². The maximum absolute atomic E-state index is 10.9. The fraction of sp³-hybridized carbons (Fsp3) is 0.0667. The zero-order valence-corrected chi connectivity index (χ0v) is 11.9. The highest BCUT2D eigenvalue weighted by Crippen LogP contribution is 2.26. The third-order valence-electron chi connectivity index (χ3n) is 3.08. The number of rotatable bonds is 3. The quantitative estimate of drug-likeness (QED) is 0.684. The molecule has 0 N–H and O–H groups in total. The maximum atomic E-state index is 10.9. The summed E-state index contributed by atoms with van der Waals surface area (Å²) in [5, 5.41) is 1.27. The molecule has 3 aromatic rings. The Labute approximate surface area is 125 Å². The largest absolute Gasteiger partial charge is 0.303 e. The molecule has 100 valence electrons. The highest BCUT2D eigenvalue weighted by atomic mass is 35.5. The Bertz CT molecular complexity index is 778. The molecule has 0 saturated carbocycles. The zero-order valence-electron chi connectivity index (χ0n) is 10.4. The number of pyridine rings is 1. The number of benzene rings is 1. The van der Waals surface area contributed by atoms with E-state index >= 15 is 0 Å². The lowest BCUT2D eigenvalue weighted by Crippen LogP contribution is -1.95. The van der Waals surface area contributed by atoms with Crippen molar-refractivity contribution >= 4 is 35.1 Å². The van der Waals surface area contributed by atoms with Crippen molar-refractivity contribution in [2.45, 2.75) is 6.42 Å². The van der Waals surface area contributed by atoms with Gasteiger partial charge in [-0.1, -0.05) is 35.3 Å². The fourth-order valence-electron chi connectivity index (χ4n) is 2.18. The van der Waals surface area contributed by atoms with Gasteiger partial charge in [0.2, 0.25) is 0 Å². The van der Waals surface area contributed by atoms with Crippen LogP contribution in [0.4, 0.5) is 0 Å². The van der Waals surface area contributed by atoms with Crippen LogP contribution in [0.5, 0.6) is 0 Å². The molecule has 0 fully saturated rings. The molecule has 2 aromatic heterocycles. The molecule has 0 bridgehead atoms. The topological polar surface area (TPSA) is 34.4 Å². The van der Waals surface area contributed by atoms with Gasteiger partial charge in [-0.15, -0.1) is 0 Å². The maximum Gasteiger partial charge on any atom is 0.137 e. The van der Waals surface area contributed by atoms with Gasteiger partial charge in [-0.05, 0) is 24.3 Å².